The van der Waals surface area contributed by atoms with Gasteiger partial charge in [-0.3, -0.25) is 9.59 Å². The summed E-state index contributed by atoms with van der Waals surface area (Å²) in [7, 11) is 2.59. The number of benzene rings is 4. The Labute approximate surface area is 396 Å². The Bertz CT molecular complexity index is 2730. The maximum Gasteiger partial charge on any atom is 0.407 e. The fraction of sp³-hybridized carbons (Fsp3) is 0.434. The van der Waals surface area contributed by atoms with Crippen molar-refractivity contribution < 1.29 is 33.4 Å². The SMILES string of the molecule is COC(=O)N[C@H](C(=O)N1C[C@@H](COCC2CCCCC2)C[C@H]1c1nc2ccc3cc(-c4ccc(-c5cnc([C@@H]6CCCN6C(=O)[C@H](NC(=O)OC)c6ccccc6)[nH]5)cc4)ccc3c2[nH]1)C(C)C. The van der Waals surface area contributed by atoms with Crippen LogP contribution in [-0.2, 0) is 23.8 Å². The van der Waals surface area contributed by atoms with E-state index >= 15 is 0 Å². The Morgan fingerprint density at radius 3 is 2.19 bits per heavy atom. The Morgan fingerprint density at radius 1 is 0.721 bits per heavy atom. The van der Waals surface area contributed by atoms with E-state index in [1.54, 1.807) is 11.1 Å². The molecule has 2 aliphatic heterocycles. The van der Waals surface area contributed by atoms with Crippen molar-refractivity contribution in [2.45, 2.75) is 89.4 Å². The minimum absolute atomic E-state index is 0.123. The molecular formula is C53H62N8O7. The quantitative estimate of drug-likeness (QED) is 0.0827. The summed E-state index contributed by atoms with van der Waals surface area (Å²) in [5.74, 6) is 1.61. The van der Waals surface area contributed by atoms with Gasteiger partial charge in [0.05, 0.1) is 55.8 Å². The number of ether oxygens (including phenoxy) is 3. The molecule has 1 aliphatic carbocycles. The molecule has 15 nitrogen and oxygen atoms in total. The second-order valence-corrected chi connectivity index (χ2v) is 19.0. The lowest BCUT2D eigenvalue weighted by molar-refractivity contribution is -0.136. The van der Waals surface area contributed by atoms with Crippen molar-refractivity contribution in [2.75, 3.05) is 40.5 Å². The van der Waals surface area contributed by atoms with Crippen LogP contribution in [0.4, 0.5) is 9.59 Å². The number of nitrogens with zero attached hydrogens (tertiary/aromatic N) is 4. The number of imidazole rings is 2. The first-order valence-electron chi connectivity index (χ1n) is 24.1. The molecule has 0 unspecified atom stereocenters. The molecule has 1 saturated carbocycles. The van der Waals surface area contributed by atoms with E-state index in [0.29, 0.717) is 43.4 Å². The van der Waals surface area contributed by atoms with E-state index in [4.69, 9.17) is 24.2 Å². The van der Waals surface area contributed by atoms with E-state index in [0.717, 1.165) is 69.5 Å². The molecule has 3 fully saturated rings. The number of hydrogen-bond donors (Lipinski definition) is 4. The van der Waals surface area contributed by atoms with Crippen LogP contribution in [0.2, 0.25) is 0 Å². The second-order valence-electron chi connectivity index (χ2n) is 19.0. The van der Waals surface area contributed by atoms with Gasteiger partial charge in [0.2, 0.25) is 5.91 Å². The monoisotopic (exact) mass is 922 g/mol. The lowest BCUT2D eigenvalue weighted by atomic mass is 9.90. The Morgan fingerprint density at radius 2 is 1.44 bits per heavy atom. The summed E-state index contributed by atoms with van der Waals surface area (Å²) in [6.07, 6.45) is 9.01. The summed E-state index contributed by atoms with van der Waals surface area (Å²) < 4.78 is 16.1. The van der Waals surface area contributed by atoms with Crippen molar-refractivity contribution in [1.29, 1.82) is 0 Å². The standard InChI is InChI=1S/C53H62N8O7/c1-32(2)45(58-52(64)66-3)50(62)61-29-34(31-68-30-33-12-7-5-8-13-33)26-44(61)49-55-41-24-22-39-27-38(21-23-40(39)47(41)57-49)35-17-19-36(20-18-35)42-28-54-48(56-42)43-16-11-25-60(43)51(63)46(59-53(65)67-4)37-14-9-6-10-15-37/h6,9-10,14-15,17-24,27-28,32-34,43-46H,5,7-8,11-13,16,25-26,29-31H2,1-4H3,(H,54,56)(H,55,57)(H,58,64)(H,59,65)/t34-,43-,44-,45-,46+/m0/s1. The fourth-order valence-electron chi connectivity index (χ4n) is 10.4. The number of H-pyrrole nitrogens is 2. The van der Waals surface area contributed by atoms with Crippen LogP contribution in [0.5, 0.6) is 0 Å². The number of nitrogens with one attached hydrogen (secondary N) is 4. The third-order valence-electron chi connectivity index (χ3n) is 14.1. The molecule has 5 atom stereocenters. The van der Waals surface area contributed by atoms with Crippen LogP contribution in [0.3, 0.4) is 0 Å². The van der Waals surface area contributed by atoms with Gasteiger partial charge in [0.15, 0.2) is 0 Å². The molecule has 4 amide bonds. The molecule has 9 rings (SSSR count). The predicted octanol–water partition coefficient (Wildman–Crippen LogP) is 9.40. The molecule has 6 aromatic rings. The van der Waals surface area contributed by atoms with Gasteiger partial charge in [-0.1, -0.05) is 106 Å². The largest absolute Gasteiger partial charge is 0.453 e. The topological polar surface area (TPSA) is 184 Å². The van der Waals surface area contributed by atoms with E-state index in [1.807, 2.05) is 55.1 Å². The Balaban J connectivity index is 0.914. The number of fused-ring (bicyclic) bond motifs is 3. The molecule has 68 heavy (non-hydrogen) atoms. The first-order chi connectivity index (χ1) is 33.1. The van der Waals surface area contributed by atoms with Gasteiger partial charge in [-0.05, 0) is 83.7 Å². The molecule has 356 valence electrons. The molecule has 4 heterocycles. The smallest absolute Gasteiger partial charge is 0.407 e. The normalized spacial score (nSPS) is 19.6. The predicted molar refractivity (Wildman–Crippen MR) is 259 cm³/mol. The van der Waals surface area contributed by atoms with E-state index in [1.165, 1.54) is 46.3 Å². The molecule has 2 saturated heterocycles. The second kappa shape index (κ2) is 20.6. The lowest BCUT2D eigenvalue weighted by Crippen LogP contribution is -2.51. The van der Waals surface area contributed by atoms with Crippen LogP contribution >= 0.6 is 0 Å². The van der Waals surface area contributed by atoms with Crippen molar-refractivity contribution >= 4 is 45.8 Å². The number of carbonyl (C=O) groups is 4. The van der Waals surface area contributed by atoms with Gasteiger partial charge in [-0.2, -0.15) is 0 Å². The highest BCUT2D eigenvalue weighted by Crippen LogP contribution is 2.39. The number of aromatic nitrogens is 4. The highest BCUT2D eigenvalue weighted by molar-refractivity contribution is 6.05. The molecule has 2 aromatic heterocycles. The van der Waals surface area contributed by atoms with Crippen molar-refractivity contribution in [2.24, 2.45) is 17.8 Å². The first kappa shape index (κ1) is 46.4. The summed E-state index contributed by atoms with van der Waals surface area (Å²) >= 11 is 0. The summed E-state index contributed by atoms with van der Waals surface area (Å²) in [5.41, 5.74) is 6.32. The minimum Gasteiger partial charge on any atom is -0.453 e. The zero-order valence-corrected chi connectivity index (χ0v) is 39.3. The molecule has 4 aromatic carbocycles. The van der Waals surface area contributed by atoms with Crippen LogP contribution in [0.1, 0.15) is 101 Å². The summed E-state index contributed by atoms with van der Waals surface area (Å²) in [6.45, 7) is 6.23. The maximum atomic E-state index is 14.3. The van der Waals surface area contributed by atoms with Crippen LogP contribution in [0.25, 0.3) is 44.2 Å². The van der Waals surface area contributed by atoms with Crippen LogP contribution < -0.4 is 10.6 Å². The van der Waals surface area contributed by atoms with Gasteiger partial charge < -0.3 is 44.6 Å². The number of likely N-dealkylation sites (tertiary alicyclic amines) is 2. The van der Waals surface area contributed by atoms with Gasteiger partial charge in [0.25, 0.3) is 5.91 Å². The summed E-state index contributed by atoms with van der Waals surface area (Å²) in [5, 5.41) is 7.58. The molecule has 0 spiro atoms. The maximum absolute atomic E-state index is 14.3. The molecule has 3 aliphatic rings. The average molecular weight is 923 g/mol. The van der Waals surface area contributed by atoms with Crippen LogP contribution in [-0.4, -0.2) is 100 Å². The van der Waals surface area contributed by atoms with E-state index in [2.05, 4.69) is 69.1 Å². The highest BCUT2D eigenvalue weighted by atomic mass is 16.5. The van der Waals surface area contributed by atoms with Crippen molar-refractivity contribution in [3.8, 4) is 22.4 Å². The summed E-state index contributed by atoms with van der Waals surface area (Å²) in [4.78, 5) is 73.6. The minimum atomic E-state index is -0.889. The lowest BCUT2D eigenvalue weighted by Gasteiger charge is -2.30. The van der Waals surface area contributed by atoms with Crippen LogP contribution in [0, 0.1) is 17.8 Å². The van der Waals surface area contributed by atoms with Gasteiger partial charge in [-0.25, -0.2) is 19.6 Å². The number of aromatic amines is 2. The number of amides is 4. The van der Waals surface area contributed by atoms with Crippen LogP contribution in [0.15, 0.2) is 91.1 Å². The number of rotatable bonds is 14. The highest BCUT2D eigenvalue weighted by Gasteiger charge is 2.42. The fourth-order valence-corrected chi connectivity index (χ4v) is 10.4. The molecule has 4 N–H and O–H groups in total. The van der Waals surface area contributed by atoms with Gasteiger partial charge in [0, 0.05) is 31.0 Å². The third-order valence-corrected chi connectivity index (χ3v) is 14.1. The molecular weight excluding hydrogens is 861 g/mol. The number of hydrogen-bond acceptors (Lipinski definition) is 9. The van der Waals surface area contributed by atoms with Crippen molar-refractivity contribution in [3.05, 3.63) is 108 Å². The molecule has 0 bridgehead atoms. The summed E-state index contributed by atoms with van der Waals surface area (Å²) in [6, 6.07) is 25.8. The molecule has 0 radical (unpaired) electrons. The van der Waals surface area contributed by atoms with Crippen molar-refractivity contribution in [3.63, 3.8) is 0 Å². The van der Waals surface area contributed by atoms with Gasteiger partial charge >= 0.3 is 12.2 Å². The van der Waals surface area contributed by atoms with Crippen molar-refractivity contribution in [1.82, 2.24) is 40.4 Å². The Hall–Kier alpha value is -6.74. The average Bonchev–Trinajstić information content (AvgIpc) is 4.21. The third kappa shape index (κ3) is 9.94. The number of alkyl carbamates (subject to hydrolysis) is 2. The van der Waals surface area contributed by atoms with Gasteiger partial charge in [-0.15, -0.1) is 0 Å². The molecule has 15 heteroatoms. The zero-order valence-electron chi connectivity index (χ0n) is 39.3. The van der Waals surface area contributed by atoms with Gasteiger partial charge in [0.1, 0.15) is 23.7 Å². The zero-order chi connectivity index (χ0) is 47.3. The first-order valence-corrected chi connectivity index (χ1v) is 24.1. The van der Waals surface area contributed by atoms with E-state index in [9.17, 15) is 19.2 Å². The Kier molecular flexibility index (Phi) is 14.1. The van der Waals surface area contributed by atoms with E-state index in [-0.39, 0.29) is 35.7 Å². The van der Waals surface area contributed by atoms with E-state index < -0.39 is 24.3 Å². The number of carbonyl (C=O) groups excluding carboxylic acids is 4. The number of methoxy groups -OCH3 is 2.